The molecule has 0 spiro atoms. The van der Waals surface area contributed by atoms with Crippen molar-refractivity contribution < 1.29 is 13.6 Å². The Hall–Kier alpha value is 0.474. The average molecular weight is 376 g/mol. The van der Waals surface area contributed by atoms with Gasteiger partial charge >= 0.3 is 5.97 Å². The van der Waals surface area contributed by atoms with Crippen molar-refractivity contribution in [3.63, 3.8) is 0 Å². The lowest BCUT2D eigenvalue weighted by atomic mass is 10.4. The maximum Gasteiger partial charge on any atom is 0.333 e. The fraction of sp³-hybridized carbons (Fsp3) is 0.750. The molecule has 1 aliphatic heterocycles. The maximum absolute atomic E-state index is 11.3. The molecule has 1 aliphatic rings. The van der Waals surface area contributed by atoms with Crippen molar-refractivity contribution in [1.82, 2.24) is 0 Å². The quantitative estimate of drug-likeness (QED) is 0.220. The summed E-state index contributed by atoms with van der Waals surface area (Å²) in [5.41, 5.74) is 0.390. The van der Waals surface area contributed by atoms with Crippen LogP contribution in [-0.2, 0) is 13.6 Å². The van der Waals surface area contributed by atoms with E-state index in [1.807, 2.05) is 0 Å². The van der Waals surface area contributed by atoms with Crippen LogP contribution in [0.2, 0.25) is 25.7 Å². The van der Waals surface area contributed by atoms with E-state index in [4.69, 9.17) is 43.7 Å². The van der Waals surface area contributed by atoms with Crippen molar-refractivity contribution in [3.8, 4) is 0 Å². The molecule has 8 heteroatoms. The van der Waals surface area contributed by atoms with Gasteiger partial charge in [-0.25, -0.2) is 4.79 Å². The van der Waals surface area contributed by atoms with Gasteiger partial charge in [0.2, 0.25) is 8.32 Å². The number of alkyl halides is 3. The summed E-state index contributed by atoms with van der Waals surface area (Å²) in [4.78, 5) is 11.3. The van der Waals surface area contributed by atoms with Gasteiger partial charge in [-0.15, -0.1) is 34.8 Å². The largest absolute Gasteiger partial charge is 0.462 e. The maximum atomic E-state index is 11.3. The van der Waals surface area contributed by atoms with Gasteiger partial charge in [0.1, 0.15) is 0 Å². The minimum absolute atomic E-state index is 0.304. The fourth-order valence-corrected chi connectivity index (χ4v) is 14.9. The highest BCUT2D eigenvalue weighted by Crippen LogP contribution is 2.61. The van der Waals surface area contributed by atoms with Crippen molar-refractivity contribution >= 4 is 57.4 Å². The third-order valence-corrected chi connectivity index (χ3v) is 14.8. The topological polar surface area (TPSA) is 35.5 Å². The lowest BCUT2D eigenvalue weighted by molar-refractivity contribution is -0.138. The van der Waals surface area contributed by atoms with E-state index in [-0.39, 0.29) is 11.0 Å². The predicted octanol–water partition coefficient (Wildman–Crippen LogP) is 4.17. The van der Waals surface area contributed by atoms with Gasteiger partial charge in [-0.3, -0.25) is 0 Å². The van der Waals surface area contributed by atoms with Gasteiger partial charge in [0.05, 0.1) is 11.6 Å². The van der Waals surface area contributed by atoms with E-state index in [1.54, 1.807) is 6.92 Å². The van der Waals surface area contributed by atoms with Crippen LogP contribution in [-0.4, -0.2) is 38.2 Å². The molecule has 2 unspecified atom stereocenters. The summed E-state index contributed by atoms with van der Waals surface area (Å²) in [7, 11) is -4.15. The van der Waals surface area contributed by atoms with E-state index in [0.29, 0.717) is 24.6 Å². The molecule has 0 aromatic heterocycles. The van der Waals surface area contributed by atoms with Gasteiger partial charge in [0, 0.05) is 5.57 Å². The minimum Gasteiger partial charge on any atom is -0.462 e. The Morgan fingerprint density at radius 2 is 1.90 bits per heavy atom. The second-order valence-corrected chi connectivity index (χ2v) is 17.6. The highest BCUT2D eigenvalue weighted by Gasteiger charge is 2.80. The van der Waals surface area contributed by atoms with Gasteiger partial charge in [0.25, 0.3) is 0 Å². The van der Waals surface area contributed by atoms with E-state index in [1.165, 1.54) is 0 Å². The van der Waals surface area contributed by atoms with E-state index in [2.05, 4.69) is 26.2 Å². The SMILES string of the molecule is C=C(C)C(=O)OCCC[Si]1(O[Si](C)(C)C)C(Cl)C1(Cl)Cl. The second kappa shape index (κ2) is 6.30. The Morgan fingerprint density at radius 3 is 2.25 bits per heavy atom. The molecule has 1 rings (SSSR count). The molecule has 0 radical (unpaired) electrons. The molecule has 0 aromatic rings. The highest BCUT2D eigenvalue weighted by atomic mass is 35.5. The molecule has 0 bridgehead atoms. The van der Waals surface area contributed by atoms with Crippen molar-refractivity contribution in [3.05, 3.63) is 12.2 Å². The van der Waals surface area contributed by atoms with Crippen LogP contribution < -0.4 is 0 Å². The van der Waals surface area contributed by atoms with Crippen LogP contribution in [0.25, 0.3) is 0 Å². The minimum atomic E-state index is -2.37. The normalized spacial score (nSPS) is 28.1. The van der Waals surface area contributed by atoms with Crippen molar-refractivity contribution in [1.29, 1.82) is 0 Å². The standard InChI is InChI=1S/C12H21Cl3O3Si2/c1-9(2)10(16)17-7-6-8-20(18-19(3,4)5)11(13)12(20,14)15/h11H,1,6-8H2,2-5H3. The zero-order valence-corrected chi connectivity index (χ0v) is 16.5. The molecule has 0 aromatic carbocycles. The third kappa shape index (κ3) is 4.02. The van der Waals surface area contributed by atoms with Gasteiger partial charge in [-0.05, 0) is 39.0 Å². The number of ether oxygens (including phenoxy) is 1. The lowest BCUT2D eigenvalue weighted by Crippen LogP contribution is -2.41. The Balaban J connectivity index is 2.54. The van der Waals surface area contributed by atoms with E-state index in [0.717, 1.165) is 0 Å². The monoisotopic (exact) mass is 374 g/mol. The fourth-order valence-electron chi connectivity index (χ4n) is 2.02. The molecule has 20 heavy (non-hydrogen) atoms. The molecule has 0 amide bonds. The number of hydrogen-bond donors (Lipinski definition) is 0. The smallest absolute Gasteiger partial charge is 0.333 e. The first kappa shape index (κ1) is 18.5. The number of esters is 1. The zero-order valence-electron chi connectivity index (χ0n) is 12.3. The lowest BCUT2D eigenvalue weighted by Gasteiger charge is -2.26. The molecule has 0 N–H and O–H groups in total. The van der Waals surface area contributed by atoms with Crippen LogP contribution in [0, 0.1) is 0 Å². The summed E-state index contributed by atoms with van der Waals surface area (Å²) in [6.07, 6.45) is 0.653. The van der Waals surface area contributed by atoms with Crippen molar-refractivity contribution in [2.75, 3.05) is 6.61 Å². The van der Waals surface area contributed by atoms with Gasteiger partial charge < -0.3 is 8.85 Å². The van der Waals surface area contributed by atoms with E-state index in [9.17, 15) is 4.79 Å². The number of rotatable bonds is 7. The molecule has 2 atom stereocenters. The molecule has 1 fully saturated rings. The molecule has 1 saturated heterocycles. The molecule has 3 nitrogen and oxygen atoms in total. The van der Waals surface area contributed by atoms with Crippen LogP contribution in [0.1, 0.15) is 13.3 Å². The first-order valence-electron chi connectivity index (χ1n) is 6.49. The van der Waals surface area contributed by atoms with Crippen molar-refractivity contribution in [2.45, 2.75) is 48.0 Å². The van der Waals surface area contributed by atoms with E-state index >= 15 is 0 Å². The molecule has 116 valence electrons. The van der Waals surface area contributed by atoms with E-state index < -0.39 is 20.6 Å². The Labute approximate surface area is 137 Å². The Bertz CT molecular complexity index is 409. The molecule has 0 aliphatic carbocycles. The molecular weight excluding hydrogens is 355 g/mol. The highest BCUT2D eigenvalue weighted by molar-refractivity contribution is 7.13. The van der Waals surface area contributed by atoms with Crippen LogP contribution in [0.3, 0.4) is 0 Å². The van der Waals surface area contributed by atoms with Crippen LogP contribution in [0.5, 0.6) is 0 Å². The van der Waals surface area contributed by atoms with Gasteiger partial charge in [0.15, 0.2) is 12.3 Å². The summed E-state index contributed by atoms with van der Waals surface area (Å²) in [5, 5.41) is -0.304. The summed E-state index contributed by atoms with van der Waals surface area (Å²) in [6.45, 7) is 11.7. The summed E-state index contributed by atoms with van der Waals surface area (Å²) >= 11 is 18.8. The molecule has 1 heterocycles. The first-order chi connectivity index (χ1) is 8.94. The number of carbonyl (C=O) groups excluding carboxylic acids is 1. The second-order valence-electron chi connectivity index (χ2n) is 6.11. The first-order valence-corrected chi connectivity index (χ1v) is 13.3. The van der Waals surface area contributed by atoms with Gasteiger partial charge in [-0.2, -0.15) is 0 Å². The van der Waals surface area contributed by atoms with Crippen LogP contribution in [0.4, 0.5) is 0 Å². The summed E-state index contributed by atoms with van der Waals surface area (Å²) < 4.78 is 10.4. The Morgan fingerprint density at radius 1 is 1.40 bits per heavy atom. The third-order valence-electron chi connectivity index (χ3n) is 2.97. The van der Waals surface area contributed by atoms with Crippen LogP contribution >= 0.6 is 34.8 Å². The average Bonchev–Trinajstić information content (AvgIpc) is 2.67. The van der Waals surface area contributed by atoms with Crippen LogP contribution in [0.15, 0.2) is 12.2 Å². The molecular formula is C12H21Cl3O3Si2. The van der Waals surface area contributed by atoms with Crippen molar-refractivity contribution in [2.24, 2.45) is 0 Å². The number of hydrogen-bond acceptors (Lipinski definition) is 3. The Kier molecular flexibility index (Phi) is 5.84. The number of carbonyl (C=O) groups is 1. The summed E-state index contributed by atoms with van der Waals surface area (Å²) in [5.74, 6) is -0.381. The summed E-state index contributed by atoms with van der Waals surface area (Å²) in [6, 6.07) is 0.696. The number of halogens is 3. The zero-order chi connectivity index (χ0) is 15.8. The van der Waals surface area contributed by atoms with Gasteiger partial charge in [-0.1, -0.05) is 6.58 Å². The predicted molar refractivity (Wildman–Crippen MR) is 89.5 cm³/mol. The molecule has 0 saturated carbocycles.